The standard InChI is InChI=1S/C14H10.3C3H9P.C2H3N.Co/c1-3-7-13(8-4-1)11-12-14-9-5-2-6-10-14;3*1-4(2)3;1-2-3;/h1-10H;3*1-3H3;1H3;/p+3. The zero-order valence-corrected chi connectivity index (χ0v) is 24.6. The third kappa shape index (κ3) is 45.8. The van der Waals surface area contributed by atoms with Crippen molar-refractivity contribution in [2.24, 2.45) is 0 Å². The minimum absolute atomic E-state index is 0. The Kier molecular flexibility index (Phi) is 34.6. The summed E-state index contributed by atoms with van der Waals surface area (Å²) in [5.74, 6) is 6.22. The van der Waals surface area contributed by atoms with Crippen LogP contribution in [0.2, 0.25) is 0 Å². The Hall–Kier alpha value is -0.714. The van der Waals surface area contributed by atoms with Gasteiger partial charge in [-0.15, -0.1) is 0 Å². The van der Waals surface area contributed by atoms with Crippen molar-refractivity contribution in [3.63, 3.8) is 0 Å². The van der Waals surface area contributed by atoms with Crippen LogP contribution in [-0.4, -0.2) is 60.0 Å². The van der Waals surface area contributed by atoms with Crippen LogP contribution in [0.4, 0.5) is 0 Å². The van der Waals surface area contributed by atoms with Crippen LogP contribution in [0.1, 0.15) is 18.1 Å². The molecule has 0 bridgehead atoms. The van der Waals surface area contributed by atoms with Gasteiger partial charge >= 0.3 is 0 Å². The van der Waals surface area contributed by atoms with E-state index in [1.165, 1.54) is 6.92 Å². The SMILES string of the molecule is C(#Cc1ccccc1)c1ccccc1.CC#N.C[PH+](C)C.C[PH+](C)C.C[PH+](C)C.[Co]. The van der Waals surface area contributed by atoms with Gasteiger partial charge < -0.3 is 0 Å². The molecule has 0 atom stereocenters. The number of nitriles is 1. The van der Waals surface area contributed by atoms with Gasteiger partial charge in [0.2, 0.25) is 0 Å². The van der Waals surface area contributed by atoms with Crippen LogP contribution in [0, 0.1) is 23.2 Å². The van der Waals surface area contributed by atoms with Crippen LogP contribution in [-0.2, 0) is 16.8 Å². The van der Waals surface area contributed by atoms with E-state index in [9.17, 15) is 0 Å². The van der Waals surface area contributed by atoms with Gasteiger partial charge in [-0.2, -0.15) is 5.26 Å². The fraction of sp³-hybridized carbons (Fsp3) is 0.400. The Balaban J connectivity index is -0.000000177. The Morgan fingerprint density at radius 3 is 0.867 bits per heavy atom. The summed E-state index contributed by atoms with van der Waals surface area (Å²) in [6.45, 7) is 21.8. The molecule has 5 heteroatoms. The van der Waals surface area contributed by atoms with Gasteiger partial charge in [-0.3, -0.25) is 0 Å². The largest absolute Gasteiger partial charge is 0.199 e. The zero-order chi connectivity index (χ0) is 23.1. The number of benzene rings is 2. The summed E-state index contributed by atoms with van der Waals surface area (Å²) < 4.78 is 0. The van der Waals surface area contributed by atoms with Gasteiger partial charge in [0.25, 0.3) is 0 Å². The first kappa shape index (κ1) is 36.6. The minimum Gasteiger partial charge on any atom is -0.199 e. The molecule has 169 valence electrons. The molecule has 0 aliphatic heterocycles. The summed E-state index contributed by atoms with van der Waals surface area (Å²) in [7, 11) is 0.361. The predicted molar refractivity (Wildman–Crippen MR) is 148 cm³/mol. The summed E-state index contributed by atoms with van der Waals surface area (Å²) in [6.07, 6.45) is 0. The maximum Gasteiger partial charge on any atom is 0.0587 e. The van der Waals surface area contributed by atoms with E-state index in [-0.39, 0.29) is 40.5 Å². The molecule has 0 aliphatic carbocycles. The van der Waals surface area contributed by atoms with Crippen molar-refractivity contribution in [1.82, 2.24) is 0 Å². The molecule has 0 fully saturated rings. The first-order chi connectivity index (χ1) is 13.6. The van der Waals surface area contributed by atoms with E-state index in [2.05, 4.69) is 71.8 Å². The first-order valence-electron chi connectivity index (χ1n) is 9.79. The smallest absolute Gasteiger partial charge is 0.0587 e. The Labute approximate surface area is 201 Å². The average Bonchev–Trinajstić information content (AvgIpc) is 2.61. The third-order valence-electron chi connectivity index (χ3n) is 1.90. The van der Waals surface area contributed by atoms with E-state index in [0.717, 1.165) is 11.1 Å². The van der Waals surface area contributed by atoms with Crippen molar-refractivity contribution in [3.05, 3.63) is 71.8 Å². The zero-order valence-electron chi connectivity index (χ0n) is 20.6. The van der Waals surface area contributed by atoms with E-state index in [1.54, 1.807) is 6.07 Å². The second-order valence-corrected chi connectivity index (χ2v) is 16.7. The van der Waals surface area contributed by atoms with Gasteiger partial charge in [0.1, 0.15) is 0 Å². The van der Waals surface area contributed by atoms with Gasteiger partial charge in [0.05, 0.1) is 6.07 Å². The van der Waals surface area contributed by atoms with E-state index in [1.807, 2.05) is 60.7 Å². The topological polar surface area (TPSA) is 23.8 Å². The van der Waals surface area contributed by atoms with Crippen LogP contribution in [0.25, 0.3) is 0 Å². The van der Waals surface area contributed by atoms with Crippen molar-refractivity contribution in [3.8, 4) is 17.9 Å². The Morgan fingerprint density at radius 1 is 0.533 bits per heavy atom. The van der Waals surface area contributed by atoms with E-state index >= 15 is 0 Å². The number of nitrogens with zero attached hydrogens (tertiary/aromatic N) is 1. The van der Waals surface area contributed by atoms with E-state index in [4.69, 9.17) is 5.26 Å². The second-order valence-electron chi connectivity index (χ2n) is 7.71. The molecule has 0 aliphatic rings. The fourth-order valence-corrected chi connectivity index (χ4v) is 1.19. The molecule has 0 N–H and O–H groups in total. The molecule has 0 saturated carbocycles. The third-order valence-corrected chi connectivity index (χ3v) is 1.90. The second kappa shape index (κ2) is 28.3. The molecule has 0 saturated heterocycles. The Morgan fingerprint density at radius 2 is 0.700 bits per heavy atom. The molecule has 2 rings (SSSR count). The van der Waals surface area contributed by atoms with Gasteiger partial charge in [0.15, 0.2) is 0 Å². The summed E-state index contributed by atoms with van der Waals surface area (Å²) in [6, 6.07) is 21.8. The van der Waals surface area contributed by atoms with Crippen molar-refractivity contribution in [2.45, 2.75) is 6.92 Å². The van der Waals surface area contributed by atoms with Crippen LogP contribution >= 0.6 is 23.8 Å². The average molecular weight is 509 g/mol. The van der Waals surface area contributed by atoms with E-state index in [0.29, 0.717) is 0 Å². The number of hydrogen-bond acceptors (Lipinski definition) is 1. The number of rotatable bonds is 0. The summed E-state index contributed by atoms with van der Waals surface area (Å²) in [4.78, 5) is 0. The molecule has 0 heterocycles. The molecule has 0 spiro atoms. The monoisotopic (exact) mass is 509 g/mol. The predicted octanol–water partition coefficient (Wildman–Crippen LogP) is 6.88. The van der Waals surface area contributed by atoms with Gasteiger partial charge in [-0.25, -0.2) is 0 Å². The minimum atomic E-state index is 0. The molecule has 0 amide bonds. The van der Waals surface area contributed by atoms with Crippen molar-refractivity contribution >= 4 is 23.8 Å². The molecule has 2 aromatic carbocycles. The van der Waals surface area contributed by atoms with Crippen LogP contribution in [0.5, 0.6) is 0 Å². The van der Waals surface area contributed by atoms with Crippen LogP contribution in [0.3, 0.4) is 0 Å². The van der Waals surface area contributed by atoms with Crippen molar-refractivity contribution in [1.29, 1.82) is 5.26 Å². The maximum atomic E-state index is 7.32. The molecule has 0 unspecified atom stereocenters. The summed E-state index contributed by atoms with van der Waals surface area (Å²) in [5, 5.41) is 7.32. The molecular weight excluding hydrogens is 466 g/mol. The van der Waals surface area contributed by atoms with Crippen LogP contribution < -0.4 is 0 Å². The van der Waals surface area contributed by atoms with Gasteiger partial charge in [-0.1, -0.05) is 48.2 Å². The molecule has 30 heavy (non-hydrogen) atoms. The summed E-state index contributed by atoms with van der Waals surface area (Å²) >= 11 is 0. The molecule has 0 aromatic heterocycles. The molecule has 1 nitrogen and oxygen atoms in total. The number of hydrogen-bond donors (Lipinski definition) is 0. The van der Waals surface area contributed by atoms with Crippen molar-refractivity contribution < 1.29 is 16.8 Å². The maximum absolute atomic E-state index is 7.32. The van der Waals surface area contributed by atoms with Crippen LogP contribution in [0.15, 0.2) is 60.7 Å². The van der Waals surface area contributed by atoms with Gasteiger partial charge in [0, 0.05) is 94.8 Å². The van der Waals surface area contributed by atoms with Crippen molar-refractivity contribution in [2.75, 3.05) is 60.0 Å². The Bertz CT molecular complexity index is 604. The molecular formula is C25H43CoNP3+3. The van der Waals surface area contributed by atoms with Gasteiger partial charge in [-0.05, 0) is 48.0 Å². The molecule has 2 aromatic rings. The molecule has 1 radical (unpaired) electrons. The fourth-order valence-electron chi connectivity index (χ4n) is 1.19. The first-order valence-corrected chi connectivity index (χ1v) is 18.8. The quantitative estimate of drug-likeness (QED) is 0.281. The normalized spacial score (nSPS) is 8.00. The van der Waals surface area contributed by atoms with E-state index < -0.39 is 0 Å². The summed E-state index contributed by atoms with van der Waals surface area (Å²) in [5.41, 5.74) is 2.10.